The molecule has 1 saturated heterocycles. The summed E-state index contributed by atoms with van der Waals surface area (Å²) in [6.07, 6.45) is 1.71. The monoisotopic (exact) mass is 380 g/mol. The normalized spacial score (nSPS) is 14.9. The van der Waals surface area contributed by atoms with Crippen LogP contribution >= 0.6 is 0 Å². The first-order valence-electron chi connectivity index (χ1n) is 9.52. The number of aromatic amines is 1. The summed E-state index contributed by atoms with van der Waals surface area (Å²) >= 11 is 0. The molecule has 2 heterocycles. The van der Waals surface area contributed by atoms with E-state index in [1.165, 1.54) is 0 Å². The number of rotatable bonds is 7. The fourth-order valence-corrected chi connectivity index (χ4v) is 3.33. The van der Waals surface area contributed by atoms with Crippen LogP contribution in [-0.4, -0.2) is 60.5 Å². The van der Waals surface area contributed by atoms with E-state index >= 15 is 0 Å². The van der Waals surface area contributed by atoms with Crippen LogP contribution < -0.4 is 10.1 Å². The molecule has 0 spiro atoms. The molecule has 28 heavy (non-hydrogen) atoms. The zero-order valence-corrected chi connectivity index (χ0v) is 15.7. The minimum absolute atomic E-state index is 0.141. The molecule has 146 valence electrons. The Hall–Kier alpha value is -2.90. The van der Waals surface area contributed by atoms with E-state index in [2.05, 4.69) is 20.4 Å². The topological polar surface area (TPSA) is 79.5 Å². The Bertz CT molecular complexity index is 934. The Balaban J connectivity index is 1.35. The van der Waals surface area contributed by atoms with E-state index in [4.69, 9.17) is 9.47 Å². The highest BCUT2D eigenvalue weighted by Crippen LogP contribution is 2.19. The molecule has 0 atom stereocenters. The molecule has 2 aromatic carbocycles. The van der Waals surface area contributed by atoms with Gasteiger partial charge in [0.05, 0.1) is 30.5 Å². The number of hydrogen-bond acceptors (Lipinski definition) is 5. The fourth-order valence-electron chi connectivity index (χ4n) is 3.33. The molecular weight excluding hydrogens is 356 g/mol. The van der Waals surface area contributed by atoms with Gasteiger partial charge in [-0.05, 0) is 12.1 Å². The maximum Gasteiger partial charge on any atom is 0.253 e. The Kier molecular flexibility index (Phi) is 5.84. The quantitative estimate of drug-likeness (QED) is 0.657. The number of ether oxygens (including phenoxy) is 2. The number of aromatic nitrogens is 2. The largest absolute Gasteiger partial charge is 0.492 e. The molecule has 4 rings (SSSR count). The predicted octanol–water partition coefficient (Wildman–Crippen LogP) is 2.20. The molecule has 1 fully saturated rings. The van der Waals surface area contributed by atoms with Crippen molar-refractivity contribution in [2.75, 3.05) is 39.5 Å². The molecule has 0 aliphatic carbocycles. The van der Waals surface area contributed by atoms with Crippen molar-refractivity contribution < 1.29 is 14.3 Å². The number of benzene rings is 2. The number of nitrogens with zero attached hydrogens (tertiary/aromatic N) is 2. The van der Waals surface area contributed by atoms with Crippen LogP contribution in [0.15, 0.2) is 48.7 Å². The highest BCUT2D eigenvalue weighted by atomic mass is 16.5. The van der Waals surface area contributed by atoms with Crippen LogP contribution in [0.1, 0.15) is 15.9 Å². The number of morpholine rings is 1. The van der Waals surface area contributed by atoms with Gasteiger partial charge in [-0.1, -0.05) is 30.3 Å². The van der Waals surface area contributed by atoms with Crippen LogP contribution in [0.5, 0.6) is 5.75 Å². The molecule has 1 aliphatic rings. The summed E-state index contributed by atoms with van der Waals surface area (Å²) in [6.45, 7) is 5.33. The van der Waals surface area contributed by atoms with E-state index in [-0.39, 0.29) is 5.91 Å². The smallest absolute Gasteiger partial charge is 0.253 e. The van der Waals surface area contributed by atoms with Crippen LogP contribution in [0.4, 0.5) is 0 Å². The minimum atomic E-state index is -0.141. The Labute approximate surface area is 163 Å². The third-order valence-electron chi connectivity index (χ3n) is 4.90. The summed E-state index contributed by atoms with van der Waals surface area (Å²) in [5, 5.41) is 10.8. The lowest BCUT2D eigenvalue weighted by Crippen LogP contribution is -2.38. The van der Waals surface area contributed by atoms with E-state index in [0.29, 0.717) is 18.7 Å². The highest BCUT2D eigenvalue weighted by Gasteiger charge is 2.13. The lowest BCUT2D eigenvalue weighted by atomic mass is 10.1. The third-order valence-corrected chi connectivity index (χ3v) is 4.90. The number of fused-ring (bicyclic) bond motifs is 1. The first-order valence-corrected chi connectivity index (χ1v) is 9.52. The maximum atomic E-state index is 12.6. The summed E-state index contributed by atoms with van der Waals surface area (Å²) in [4.78, 5) is 15.0. The summed E-state index contributed by atoms with van der Waals surface area (Å²) in [6, 6.07) is 13.4. The number of carbonyl (C=O) groups excluding carboxylic acids is 1. The molecule has 1 aliphatic heterocycles. The molecule has 0 saturated carbocycles. The van der Waals surface area contributed by atoms with E-state index in [1.54, 1.807) is 12.3 Å². The number of H-pyrrole nitrogens is 1. The second-order valence-electron chi connectivity index (χ2n) is 6.73. The number of carbonyl (C=O) groups is 1. The predicted molar refractivity (Wildman–Crippen MR) is 106 cm³/mol. The van der Waals surface area contributed by atoms with Crippen molar-refractivity contribution in [3.63, 3.8) is 0 Å². The number of amides is 1. The van der Waals surface area contributed by atoms with Crippen molar-refractivity contribution >= 4 is 16.8 Å². The molecular formula is C21H24N4O3. The van der Waals surface area contributed by atoms with Crippen LogP contribution in [0.2, 0.25) is 0 Å². The first-order chi connectivity index (χ1) is 13.8. The van der Waals surface area contributed by atoms with E-state index in [1.807, 2.05) is 36.4 Å². The summed E-state index contributed by atoms with van der Waals surface area (Å²) in [5.74, 6) is 0.661. The van der Waals surface area contributed by atoms with Crippen LogP contribution in [0.3, 0.4) is 0 Å². The average molecular weight is 380 g/mol. The Morgan fingerprint density at radius 1 is 1.18 bits per heavy atom. The van der Waals surface area contributed by atoms with Gasteiger partial charge in [-0.15, -0.1) is 0 Å². The van der Waals surface area contributed by atoms with Crippen molar-refractivity contribution in [1.82, 2.24) is 20.4 Å². The van der Waals surface area contributed by atoms with Crippen LogP contribution in [-0.2, 0) is 11.3 Å². The second kappa shape index (κ2) is 8.86. The van der Waals surface area contributed by atoms with Gasteiger partial charge in [0.1, 0.15) is 12.4 Å². The van der Waals surface area contributed by atoms with Gasteiger partial charge in [0.2, 0.25) is 0 Å². The summed E-state index contributed by atoms with van der Waals surface area (Å²) in [5.41, 5.74) is 2.28. The standard InChI is InChI=1S/C21H24N4O3/c26-21(18-6-3-5-17-15-23-24-20(17)18)22-14-16-4-1-2-7-19(16)28-13-10-25-8-11-27-12-9-25/h1-7,15H,8-14H2,(H,22,26)(H,23,24). The maximum absolute atomic E-state index is 12.6. The summed E-state index contributed by atoms with van der Waals surface area (Å²) < 4.78 is 11.4. The fraction of sp³-hybridized carbons (Fsp3) is 0.333. The van der Waals surface area contributed by atoms with Gasteiger partial charge in [0, 0.05) is 37.1 Å². The second-order valence-corrected chi connectivity index (χ2v) is 6.73. The van der Waals surface area contributed by atoms with E-state index < -0.39 is 0 Å². The molecule has 1 aromatic heterocycles. The van der Waals surface area contributed by atoms with Gasteiger partial charge in [-0.2, -0.15) is 5.10 Å². The lowest BCUT2D eigenvalue weighted by Gasteiger charge is -2.26. The van der Waals surface area contributed by atoms with Gasteiger partial charge in [-0.25, -0.2) is 0 Å². The van der Waals surface area contributed by atoms with E-state index in [0.717, 1.165) is 55.1 Å². The zero-order chi connectivity index (χ0) is 19.2. The molecule has 1 amide bonds. The SMILES string of the molecule is O=C(NCc1ccccc1OCCN1CCOCC1)c1cccc2cn[nH]c12. The Morgan fingerprint density at radius 2 is 2.04 bits per heavy atom. The van der Waals surface area contributed by atoms with Crippen LogP contribution in [0, 0.1) is 0 Å². The lowest BCUT2D eigenvalue weighted by molar-refractivity contribution is 0.0322. The summed E-state index contributed by atoms with van der Waals surface area (Å²) in [7, 11) is 0. The van der Waals surface area contributed by atoms with E-state index in [9.17, 15) is 4.79 Å². The van der Waals surface area contributed by atoms with Crippen molar-refractivity contribution in [2.24, 2.45) is 0 Å². The van der Waals surface area contributed by atoms with Gasteiger partial charge in [0.15, 0.2) is 0 Å². The third kappa shape index (κ3) is 4.32. The minimum Gasteiger partial charge on any atom is -0.492 e. The van der Waals surface area contributed by atoms with Crippen molar-refractivity contribution in [3.05, 3.63) is 59.8 Å². The van der Waals surface area contributed by atoms with Gasteiger partial charge in [-0.3, -0.25) is 14.8 Å². The van der Waals surface area contributed by atoms with Crippen molar-refractivity contribution in [3.8, 4) is 5.75 Å². The van der Waals surface area contributed by atoms with Crippen molar-refractivity contribution in [1.29, 1.82) is 0 Å². The Morgan fingerprint density at radius 3 is 2.93 bits per heavy atom. The van der Waals surface area contributed by atoms with Crippen LogP contribution in [0.25, 0.3) is 10.9 Å². The molecule has 3 aromatic rings. The van der Waals surface area contributed by atoms with Gasteiger partial charge < -0.3 is 14.8 Å². The molecule has 2 N–H and O–H groups in total. The molecule has 7 nitrogen and oxygen atoms in total. The first kappa shape index (κ1) is 18.5. The number of nitrogens with one attached hydrogen (secondary N) is 2. The highest BCUT2D eigenvalue weighted by molar-refractivity contribution is 6.05. The molecule has 0 unspecified atom stereocenters. The van der Waals surface area contributed by atoms with Crippen molar-refractivity contribution in [2.45, 2.75) is 6.54 Å². The van der Waals surface area contributed by atoms with Gasteiger partial charge in [0.25, 0.3) is 5.91 Å². The van der Waals surface area contributed by atoms with Gasteiger partial charge >= 0.3 is 0 Å². The number of hydrogen-bond donors (Lipinski definition) is 2. The zero-order valence-electron chi connectivity index (χ0n) is 15.7. The molecule has 7 heteroatoms. The number of para-hydroxylation sites is 2. The molecule has 0 radical (unpaired) electrons. The molecule has 0 bridgehead atoms. The average Bonchev–Trinajstić information content (AvgIpc) is 3.22.